The second-order valence-electron chi connectivity index (χ2n) is 4.88. The zero-order valence-corrected chi connectivity index (χ0v) is 12.8. The zero-order valence-electron chi connectivity index (χ0n) is 12.8. The number of nitrogens with one attached hydrogen (secondary N) is 1. The SMILES string of the molecule is COCc1cccc(C(=O)Nc2ccc(OCC(F)(F)F)nc2)c1. The van der Waals surface area contributed by atoms with Crippen molar-refractivity contribution in [2.75, 3.05) is 19.0 Å². The van der Waals surface area contributed by atoms with E-state index >= 15 is 0 Å². The third-order valence-electron chi connectivity index (χ3n) is 2.88. The highest BCUT2D eigenvalue weighted by Crippen LogP contribution is 2.18. The van der Waals surface area contributed by atoms with Gasteiger partial charge in [0.25, 0.3) is 5.91 Å². The number of methoxy groups -OCH3 is 1. The first-order valence-electron chi connectivity index (χ1n) is 6.92. The molecule has 0 bridgehead atoms. The maximum absolute atomic E-state index is 12.2. The lowest BCUT2D eigenvalue weighted by atomic mass is 10.1. The van der Waals surface area contributed by atoms with Crippen molar-refractivity contribution in [2.45, 2.75) is 12.8 Å². The molecule has 2 aromatic rings. The Morgan fingerprint density at radius 1 is 1.25 bits per heavy atom. The van der Waals surface area contributed by atoms with Crippen LogP contribution in [0.4, 0.5) is 18.9 Å². The first-order valence-corrected chi connectivity index (χ1v) is 6.92. The number of pyridine rings is 1. The summed E-state index contributed by atoms with van der Waals surface area (Å²) in [6, 6.07) is 9.55. The summed E-state index contributed by atoms with van der Waals surface area (Å²) in [6.07, 6.45) is -3.20. The van der Waals surface area contributed by atoms with Gasteiger partial charge in [-0.2, -0.15) is 13.2 Å². The molecule has 1 amide bonds. The molecule has 1 N–H and O–H groups in total. The van der Waals surface area contributed by atoms with Crippen LogP contribution in [0.25, 0.3) is 0 Å². The fourth-order valence-electron chi connectivity index (χ4n) is 1.87. The van der Waals surface area contributed by atoms with E-state index in [1.807, 2.05) is 6.07 Å². The maximum Gasteiger partial charge on any atom is 0.422 e. The molecule has 5 nitrogen and oxygen atoms in total. The fraction of sp³-hybridized carbons (Fsp3) is 0.250. The van der Waals surface area contributed by atoms with E-state index in [-0.39, 0.29) is 11.8 Å². The van der Waals surface area contributed by atoms with Crippen LogP contribution >= 0.6 is 0 Å². The maximum atomic E-state index is 12.2. The molecule has 0 radical (unpaired) electrons. The molecule has 0 saturated heterocycles. The van der Waals surface area contributed by atoms with Gasteiger partial charge in [-0.1, -0.05) is 12.1 Å². The molecular weight excluding hydrogens is 325 g/mol. The van der Waals surface area contributed by atoms with Gasteiger partial charge in [-0.3, -0.25) is 4.79 Å². The molecule has 128 valence electrons. The van der Waals surface area contributed by atoms with Gasteiger partial charge in [-0.05, 0) is 23.8 Å². The third kappa shape index (κ3) is 5.54. The van der Waals surface area contributed by atoms with E-state index in [0.29, 0.717) is 17.9 Å². The molecule has 0 aliphatic heterocycles. The van der Waals surface area contributed by atoms with Crippen LogP contribution in [0, 0.1) is 0 Å². The van der Waals surface area contributed by atoms with E-state index in [0.717, 1.165) is 5.56 Å². The van der Waals surface area contributed by atoms with Crippen molar-refractivity contribution in [3.8, 4) is 5.88 Å². The Morgan fingerprint density at radius 2 is 2.04 bits per heavy atom. The molecule has 0 spiro atoms. The molecule has 1 aromatic heterocycles. The summed E-state index contributed by atoms with van der Waals surface area (Å²) >= 11 is 0. The van der Waals surface area contributed by atoms with Gasteiger partial charge in [0.15, 0.2) is 6.61 Å². The Kier molecular flexibility index (Phi) is 5.75. The minimum Gasteiger partial charge on any atom is -0.468 e. The number of carbonyl (C=O) groups is 1. The standard InChI is InChI=1S/C16H15F3N2O3/c1-23-9-11-3-2-4-12(7-11)15(22)21-13-5-6-14(20-8-13)24-10-16(17,18)19/h2-8H,9-10H2,1H3,(H,21,22). The van der Waals surface area contributed by atoms with E-state index in [2.05, 4.69) is 15.0 Å². The van der Waals surface area contributed by atoms with Crippen molar-refractivity contribution in [1.29, 1.82) is 0 Å². The van der Waals surface area contributed by atoms with Gasteiger partial charge in [-0.15, -0.1) is 0 Å². The minimum absolute atomic E-state index is 0.174. The van der Waals surface area contributed by atoms with Crippen molar-refractivity contribution in [3.05, 3.63) is 53.7 Å². The number of hydrogen-bond acceptors (Lipinski definition) is 4. The Hall–Kier alpha value is -2.61. The predicted molar refractivity (Wildman–Crippen MR) is 80.9 cm³/mol. The van der Waals surface area contributed by atoms with Gasteiger partial charge in [0.05, 0.1) is 18.5 Å². The Labute approximate surface area is 136 Å². The Bertz CT molecular complexity index is 688. The summed E-state index contributed by atoms with van der Waals surface area (Å²) in [5.74, 6) is -0.536. The average Bonchev–Trinajstić information content (AvgIpc) is 2.54. The van der Waals surface area contributed by atoms with Crippen LogP contribution in [0.2, 0.25) is 0 Å². The molecule has 0 aliphatic carbocycles. The van der Waals surface area contributed by atoms with Crippen LogP contribution in [0.5, 0.6) is 5.88 Å². The zero-order chi connectivity index (χ0) is 17.6. The number of alkyl halides is 3. The van der Waals surface area contributed by atoms with Gasteiger partial charge in [0, 0.05) is 18.7 Å². The quantitative estimate of drug-likeness (QED) is 0.875. The summed E-state index contributed by atoms with van der Waals surface area (Å²) in [6.45, 7) is -1.04. The van der Waals surface area contributed by atoms with Crippen LogP contribution in [0.3, 0.4) is 0 Å². The number of halogens is 3. The molecule has 2 rings (SSSR count). The van der Waals surface area contributed by atoms with Crippen LogP contribution in [0.15, 0.2) is 42.6 Å². The highest BCUT2D eigenvalue weighted by Gasteiger charge is 2.28. The first kappa shape index (κ1) is 17.7. The topological polar surface area (TPSA) is 60.5 Å². The van der Waals surface area contributed by atoms with E-state index in [1.165, 1.54) is 18.3 Å². The number of ether oxygens (including phenoxy) is 2. The summed E-state index contributed by atoms with van der Waals surface area (Å²) in [4.78, 5) is 15.9. The summed E-state index contributed by atoms with van der Waals surface area (Å²) in [5.41, 5.74) is 1.62. The molecule has 8 heteroatoms. The lowest BCUT2D eigenvalue weighted by molar-refractivity contribution is -0.154. The van der Waals surface area contributed by atoms with Crippen molar-refractivity contribution in [1.82, 2.24) is 4.98 Å². The number of nitrogens with zero attached hydrogens (tertiary/aromatic N) is 1. The largest absolute Gasteiger partial charge is 0.468 e. The van der Waals surface area contributed by atoms with E-state index in [1.54, 1.807) is 25.3 Å². The van der Waals surface area contributed by atoms with Crippen LogP contribution < -0.4 is 10.1 Å². The van der Waals surface area contributed by atoms with E-state index in [9.17, 15) is 18.0 Å². The van der Waals surface area contributed by atoms with Gasteiger partial charge in [-0.25, -0.2) is 4.98 Å². The number of benzene rings is 1. The summed E-state index contributed by atoms with van der Waals surface area (Å²) in [7, 11) is 1.56. The molecule has 1 aromatic carbocycles. The third-order valence-corrected chi connectivity index (χ3v) is 2.88. The molecule has 0 atom stereocenters. The van der Waals surface area contributed by atoms with Crippen molar-refractivity contribution < 1.29 is 27.4 Å². The molecule has 0 unspecified atom stereocenters. The lowest BCUT2D eigenvalue weighted by Crippen LogP contribution is -2.19. The molecular formula is C16H15F3N2O3. The fourth-order valence-corrected chi connectivity index (χ4v) is 1.87. The second kappa shape index (κ2) is 7.78. The number of aromatic nitrogens is 1. The predicted octanol–water partition coefficient (Wildman–Crippen LogP) is 3.42. The molecule has 0 fully saturated rings. The Balaban J connectivity index is 1.98. The number of carbonyl (C=O) groups excluding carboxylic acids is 1. The van der Waals surface area contributed by atoms with E-state index in [4.69, 9.17) is 4.74 Å². The monoisotopic (exact) mass is 340 g/mol. The highest BCUT2D eigenvalue weighted by atomic mass is 19.4. The number of rotatable bonds is 6. The Morgan fingerprint density at radius 3 is 2.67 bits per heavy atom. The summed E-state index contributed by atoms with van der Waals surface area (Å²) < 4.78 is 45.6. The first-order chi connectivity index (χ1) is 11.4. The normalized spacial score (nSPS) is 11.2. The number of anilines is 1. The van der Waals surface area contributed by atoms with Crippen LogP contribution in [-0.2, 0) is 11.3 Å². The number of amides is 1. The molecule has 0 aliphatic rings. The second-order valence-corrected chi connectivity index (χ2v) is 4.88. The van der Waals surface area contributed by atoms with Gasteiger partial charge < -0.3 is 14.8 Å². The van der Waals surface area contributed by atoms with Gasteiger partial charge >= 0.3 is 6.18 Å². The van der Waals surface area contributed by atoms with Crippen LogP contribution in [0.1, 0.15) is 15.9 Å². The van der Waals surface area contributed by atoms with Crippen molar-refractivity contribution in [2.24, 2.45) is 0 Å². The highest BCUT2D eigenvalue weighted by molar-refractivity contribution is 6.04. The average molecular weight is 340 g/mol. The van der Waals surface area contributed by atoms with Crippen molar-refractivity contribution in [3.63, 3.8) is 0 Å². The number of hydrogen-bond donors (Lipinski definition) is 1. The minimum atomic E-state index is -4.43. The molecule has 0 saturated carbocycles. The molecule has 1 heterocycles. The van der Waals surface area contributed by atoms with Gasteiger partial charge in [0.2, 0.25) is 5.88 Å². The van der Waals surface area contributed by atoms with Crippen molar-refractivity contribution >= 4 is 11.6 Å². The lowest BCUT2D eigenvalue weighted by Gasteiger charge is -2.09. The summed E-state index contributed by atoms with van der Waals surface area (Å²) in [5, 5.41) is 2.61. The van der Waals surface area contributed by atoms with E-state index < -0.39 is 12.8 Å². The molecule has 24 heavy (non-hydrogen) atoms. The van der Waals surface area contributed by atoms with Gasteiger partial charge in [0.1, 0.15) is 0 Å². The van der Waals surface area contributed by atoms with Crippen LogP contribution in [-0.4, -0.2) is 30.8 Å². The smallest absolute Gasteiger partial charge is 0.422 e.